The number of carbonyl (C=O) groups is 2. The number of likely N-dealkylation sites (tertiary alicyclic amines) is 1. The summed E-state index contributed by atoms with van der Waals surface area (Å²) in [5.74, 6) is -1.05. The summed E-state index contributed by atoms with van der Waals surface area (Å²) in [5, 5.41) is 10.7. The number of nitrogens with zero attached hydrogens (tertiary/aromatic N) is 1. The van der Waals surface area contributed by atoms with Crippen LogP contribution in [-0.2, 0) is 4.79 Å². The molecule has 5 nitrogen and oxygen atoms in total. The molecule has 1 aliphatic rings. The topological polar surface area (TPSA) is 69.6 Å². The largest absolute Gasteiger partial charge is 0.480 e. The number of hydrogen-bond acceptors (Lipinski definition) is 2. The molecule has 0 aromatic carbocycles. The molecule has 2 atom stereocenters. The normalized spacial score (nSPS) is 24.8. The minimum absolute atomic E-state index is 0.137. The Kier molecular flexibility index (Phi) is 4.42. The highest BCUT2D eigenvalue weighted by atomic mass is 19.4. The van der Waals surface area contributed by atoms with Crippen LogP contribution in [-0.4, -0.2) is 47.3 Å². The maximum Gasteiger partial charge on any atom is 0.405 e. The van der Waals surface area contributed by atoms with Crippen LogP contribution in [0.3, 0.4) is 0 Å². The van der Waals surface area contributed by atoms with Gasteiger partial charge in [-0.2, -0.15) is 13.2 Å². The summed E-state index contributed by atoms with van der Waals surface area (Å²) in [6.07, 6.45) is -3.66. The second kappa shape index (κ2) is 5.45. The smallest absolute Gasteiger partial charge is 0.405 e. The highest BCUT2D eigenvalue weighted by molar-refractivity contribution is 5.82. The van der Waals surface area contributed by atoms with E-state index in [2.05, 4.69) is 0 Å². The van der Waals surface area contributed by atoms with E-state index in [4.69, 9.17) is 5.11 Å². The molecule has 1 saturated heterocycles. The Balaban J connectivity index is 2.62. The predicted molar refractivity (Wildman–Crippen MR) is 56.0 cm³/mol. The van der Waals surface area contributed by atoms with Gasteiger partial charge in [0.15, 0.2) is 0 Å². The molecule has 2 unspecified atom stereocenters. The Morgan fingerprint density at radius 1 is 1.44 bits per heavy atom. The summed E-state index contributed by atoms with van der Waals surface area (Å²) in [7, 11) is 0. The molecule has 1 rings (SSSR count). The first-order chi connectivity index (χ1) is 8.20. The van der Waals surface area contributed by atoms with Gasteiger partial charge in [-0.1, -0.05) is 6.92 Å². The molecular weight excluding hydrogens is 253 g/mol. The molecule has 2 amide bonds. The molecule has 0 aliphatic carbocycles. The molecule has 8 heteroatoms. The number of piperidine rings is 1. The second-order valence-electron chi connectivity index (χ2n) is 4.45. The van der Waals surface area contributed by atoms with Gasteiger partial charge in [0.25, 0.3) is 0 Å². The molecule has 2 N–H and O–H groups in total. The summed E-state index contributed by atoms with van der Waals surface area (Å²) >= 11 is 0. The molecule has 1 heterocycles. The van der Waals surface area contributed by atoms with Gasteiger partial charge in [0.05, 0.1) is 0 Å². The summed E-state index contributed by atoms with van der Waals surface area (Å²) in [6.45, 7) is 0.549. The Labute approximate surface area is 102 Å². The molecule has 104 valence electrons. The van der Waals surface area contributed by atoms with Gasteiger partial charge in [-0.05, 0) is 18.8 Å². The minimum atomic E-state index is -4.50. The van der Waals surface area contributed by atoms with Gasteiger partial charge >= 0.3 is 18.2 Å². The SMILES string of the molecule is CC1CCN(C(=O)NCC(F)(F)F)C(C(=O)O)C1. The van der Waals surface area contributed by atoms with Crippen molar-refractivity contribution in [3.8, 4) is 0 Å². The monoisotopic (exact) mass is 268 g/mol. The van der Waals surface area contributed by atoms with Crippen LogP contribution in [0.2, 0.25) is 0 Å². The van der Waals surface area contributed by atoms with Crippen LogP contribution >= 0.6 is 0 Å². The van der Waals surface area contributed by atoms with Gasteiger partial charge in [0.1, 0.15) is 12.6 Å². The molecule has 0 spiro atoms. The number of carboxylic acid groups (broad SMARTS) is 1. The minimum Gasteiger partial charge on any atom is -0.480 e. The Morgan fingerprint density at radius 2 is 2.06 bits per heavy atom. The third kappa shape index (κ3) is 4.08. The zero-order valence-electron chi connectivity index (χ0n) is 9.83. The van der Waals surface area contributed by atoms with E-state index in [1.54, 1.807) is 5.32 Å². The van der Waals surface area contributed by atoms with E-state index in [-0.39, 0.29) is 18.9 Å². The Hall–Kier alpha value is -1.47. The average Bonchev–Trinajstić information content (AvgIpc) is 2.24. The van der Waals surface area contributed by atoms with Crippen molar-refractivity contribution in [1.29, 1.82) is 0 Å². The Bertz CT molecular complexity index is 333. The first kappa shape index (κ1) is 14.6. The number of urea groups is 1. The number of carbonyl (C=O) groups excluding carboxylic acids is 1. The molecule has 18 heavy (non-hydrogen) atoms. The molecule has 0 aromatic heterocycles. The van der Waals surface area contributed by atoms with Crippen LogP contribution in [0.5, 0.6) is 0 Å². The lowest BCUT2D eigenvalue weighted by molar-refractivity contribution is -0.144. The summed E-state index contributed by atoms with van der Waals surface area (Å²) in [5.41, 5.74) is 0. The van der Waals surface area contributed by atoms with Gasteiger partial charge in [0.2, 0.25) is 0 Å². The molecular formula is C10H15F3N2O3. The third-order valence-electron chi connectivity index (χ3n) is 2.85. The van der Waals surface area contributed by atoms with Crippen molar-refractivity contribution in [3.63, 3.8) is 0 Å². The maximum absolute atomic E-state index is 12.0. The van der Waals surface area contributed by atoms with Crippen LogP contribution in [0.15, 0.2) is 0 Å². The number of nitrogens with one attached hydrogen (secondary N) is 1. The van der Waals surface area contributed by atoms with Gasteiger partial charge in [0, 0.05) is 6.54 Å². The number of rotatable bonds is 2. The summed E-state index contributed by atoms with van der Waals surface area (Å²) < 4.78 is 35.9. The zero-order valence-corrected chi connectivity index (χ0v) is 9.83. The predicted octanol–water partition coefficient (Wildman–Crippen LogP) is 1.44. The van der Waals surface area contributed by atoms with Crippen molar-refractivity contribution in [1.82, 2.24) is 10.2 Å². The van der Waals surface area contributed by atoms with E-state index in [1.165, 1.54) is 0 Å². The fourth-order valence-electron chi connectivity index (χ4n) is 1.90. The van der Waals surface area contributed by atoms with Gasteiger partial charge < -0.3 is 15.3 Å². The van der Waals surface area contributed by atoms with Crippen LogP contribution in [0.25, 0.3) is 0 Å². The lowest BCUT2D eigenvalue weighted by atomic mass is 9.93. The van der Waals surface area contributed by atoms with Crippen molar-refractivity contribution in [2.24, 2.45) is 5.92 Å². The fraction of sp³-hybridized carbons (Fsp3) is 0.800. The summed E-state index contributed by atoms with van der Waals surface area (Å²) in [4.78, 5) is 23.4. The highest BCUT2D eigenvalue weighted by Gasteiger charge is 2.36. The van der Waals surface area contributed by atoms with E-state index in [0.29, 0.717) is 6.42 Å². The van der Waals surface area contributed by atoms with Gasteiger partial charge in [-0.25, -0.2) is 9.59 Å². The summed E-state index contributed by atoms with van der Waals surface area (Å²) in [6, 6.07) is -2.03. The first-order valence-electron chi connectivity index (χ1n) is 5.54. The van der Waals surface area contributed by atoms with Crippen molar-refractivity contribution < 1.29 is 27.9 Å². The van der Waals surface area contributed by atoms with Gasteiger partial charge in [-0.15, -0.1) is 0 Å². The van der Waals surface area contributed by atoms with Crippen LogP contribution in [0.1, 0.15) is 19.8 Å². The van der Waals surface area contributed by atoms with E-state index in [1.807, 2.05) is 6.92 Å². The van der Waals surface area contributed by atoms with E-state index in [9.17, 15) is 22.8 Å². The average molecular weight is 268 g/mol. The zero-order chi connectivity index (χ0) is 13.9. The van der Waals surface area contributed by atoms with Crippen molar-refractivity contribution in [2.45, 2.75) is 32.0 Å². The first-order valence-corrected chi connectivity index (χ1v) is 5.54. The molecule has 0 aromatic rings. The third-order valence-corrected chi connectivity index (χ3v) is 2.85. The van der Waals surface area contributed by atoms with Crippen LogP contribution in [0, 0.1) is 5.92 Å². The van der Waals surface area contributed by atoms with E-state index >= 15 is 0 Å². The van der Waals surface area contributed by atoms with Gasteiger partial charge in [-0.3, -0.25) is 0 Å². The molecule has 1 aliphatic heterocycles. The van der Waals surface area contributed by atoms with Crippen LogP contribution in [0.4, 0.5) is 18.0 Å². The van der Waals surface area contributed by atoms with E-state index < -0.39 is 30.8 Å². The Morgan fingerprint density at radius 3 is 2.56 bits per heavy atom. The number of amides is 2. The maximum atomic E-state index is 12.0. The lowest BCUT2D eigenvalue weighted by Gasteiger charge is -2.35. The second-order valence-corrected chi connectivity index (χ2v) is 4.45. The fourth-order valence-corrected chi connectivity index (χ4v) is 1.90. The lowest BCUT2D eigenvalue weighted by Crippen LogP contribution is -2.54. The quantitative estimate of drug-likeness (QED) is 0.796. The molecule has 0 bridgehead atoms. The number of aliphatic carboxylic acids is 1. The van der Waals surface area contributed by atoms with Crippen molar-refractivity contribution in [2.75, 3.05) is 13.1 Å². The molecule has 0 saturated carbocycles. The molecule has 1 fully saturated rings. The standard InChI is InChI=1S/C10H15F3N2O3/c1-6-2-3-15(7(4-6)8(16)17)9(18)14-5-10(11,12)13/h6-7H,2-5H2,1H3,(H,14,18)(H,16,17). The van der Waals surface area contributed by atoms with Crippen molar-refractivity contribution in [3.05, 3.63) is 0 Å². The number of halogens is 3. The van der Waals surface area contributed by atoms with Crippen LogP contribution < -0.4 is 5.32 Å². The van der Waals surface area contributed by atoms with Crippen molar-refractivity contribution >= 4 is 12.0 Å². The number of carboxylic acids is 1. The number of alkyl halides is 3. The highest BCUT2D eigenvalue weighted by Crippen LogP contribution is 2.23. The number of hydrogen-bond donors (Lipinski definition) is 2. The van der Waals surface area contributed by atoms with E-state index in [0.717, 1.165) is 4.90 Å². The molecule has 0 radical (unpaired) electrons.